The number of pyridine rings is 1. The zero-order chi connectivity index (χ0) is 18.5. The van der Waals surface area contributed by atoms with E-state index in [9.17, 15) is 4.79 Å². The van der Waals surface area contributed by atoms with Gasteiger partial charge < -0.3 is 19.9 Å². The molecule has 138 valence electrons. The first-order valence-corrected chi connectivity index (χ1v) is 9.06. The number of rotatable bonds is 5. The Bertz CT molecular complexity index is 759. The minimum Gasteiger partial charge on any atom is -0.481 e. The molecule has 0 atom stereocenters. The van der Waals surface area contributed by atoms with Gasteiger partial charge in [0.05, 0.1) is 24.0 Å². The first kappa shape index (κ1) is 18.5. The number of anilines is 2. The number of nitrogens with zero attached hydrogens (tertiary/aromatic N) is 3. The second-order valence-electron chi connectivity index (χ2n) is 6.13. The van der Waals surface area contributed by atoms with Gasteiger partial charge in [-0.15, -0.1) is 0 Å². The van der Waals surface area contributed by atoms with Gasteiger partial charge in [0.15, 0.2) is 0 Å². The lowest BCUT2D eigenvalue weighted by molar-refractivity contribution is 0.102. The molecule has 0 aliphatic carbocycles. The van der Waals surface area contributed by atoms with Crippen LogP contribution in [0.5, 0.6) is 5.88 Å². The molecule has 0 bridgehead atoms. The second-order valence-corrected chi connectivity index (χ2v) is 6.56. The van der Waals surface area contributed by atoms with Crippen LogP contribution < -0.4 is 15.0 Å². The van der Waals surface area contributed by atoms with Crippen LogP contribution in [0.1, 0.15) is 17.3 Å². The van der Waals surface area contributed by atoms with Crippen LogP contribution in [-0.2, 0) is 0 Å². The monoisotopic (exact) mass is 374 g/mol. The van der Waals surface area contributed by atoms with Gasteiger partial charge in [-0.1, -0.05) is 18.5 Å². The van der Waals surface area contributed by atoms with Crippen LogP contribution >= 0.6 is 11.6 Å². The third-order valence-electron chi connectivity index (χ3n) is 4.57. The number of piperazine rings is 1. The summed E-state index contributed by atoms with van der Waals surface area (Å²) in [5, 5.41) is 3.56. The third-order valence-corrected chi connectivity index (χ3v) is 4.81. The van der Waals surface area contributed by atoms with E-state index in [1.807, 2.05) is 12.1 Å². The largest absolute Gasteiger partial charge is 0.481 e. The highest BCUT2D eigenvalue weighted by molar-refractivity contribution is 6.31. The summed E-state index contributed by atoms with van der Waals surface area (Å²) >= 11 is 6.16. The normalized spacial score (nSPS) is 15.0. The van der Waals surface area contributed by atoms with Gasteiger partial charge in [-0.3, -0.25) is 4.79 Å². The molecule has 1 aliphatic rings. The summed E-state index contributed by atoms with van der Waals surface area (Å²) in [6, 6.07) is 8.96. The number of benzene rings is 1. The molecule has 1 aromatic heterocycles. The molecule has 3 rings (SSSR count). The number of likely N-dealkylation sites (N-methyl/N-ethyl adjacent to an activating group) is 1. The van der Waals surface area contributed by atoms with Crippen LogP contribution in [0.3, 0.4) is 0 Å². The van der Waals surface area contributed by atoms with Crippen molar-refractivity contribution in [2.45, 2.75) is 6.92 Å². The molecular weight excluding hydrogens is 352 g/mol. The van der Waals surface area contributed by atoms with Gasteiger partial charge in [0, 0.05) is 43.5 Å². The zero-order valence-corrected chi connectivity index (χ0v) is 15.8. The minimum atomic E-state index is -0.226. The fourth-order valence-electron chi connectivity index (χ4n) is 3.02. The molecule has 2 heterocycles. The van der Waals surface area contributed by atoms with Crippen molar-refractivity contribution < 1.29 is 9.53 Å². The smallest absolute Gasteiger partial charge is 0.257 e. The van der Waals surface area contributed by atoms with E-state index in [-0.39, 0.29) is 5.91 Å². The van der Waals surface area contributed by atoms with Crippen LogP contribution in [0.15, 0.2) is 36.5 Å². The minimum absolute atomic E-state index is 0.226. The number of hydrogen-bond acceptors (Lipinski definition) is 5. The van der Waals surface area contributed by atoms with Crippen LogP contribution in [0.4, 0.5) is 11.4 Å². The Morgan fingerprint density at radius 2 is 2.00 bits per heavy atom. The lowest BCUT2D eigenvalue weighted by Gasteiger charge is -2.36. The summed E-state index contributed by atoms with van der Waals surface area (Å²) in [6.07, 6.45) is 1.50. The van der Waals surface area contributed by atoms with Crippen molar-refractivity contribution in [3.63, 3.8) is 0 Å². The zero-order valence-electron chi connectivity index (χ0n) is 15.0. The predicted octanol–water partition coefficient (Wildman–Crippen LogP) is 3.14. The number of nitrogens with one attached hydrogen (secondary N) is 1. The Morgan fingerprint density at radius 1 is 1.23 bits per heavy atom. The van der Waals surface area contributed by atoms with Crippen LogP contribution in [0, 0.1) is 0 Å². The Labute approximate surface area is 158 Å². The van der Waals surface area contributed by atoms with E-state index < -0.39 is 0 Å². The maximum absolute atomic E-state index is 12.6. The number of carbonyl (C=O) groups excluding carboxylic acids is 1. The van der Waals surface area contributed by atoms with Gasteiger partial charge in [-0.25, -0.2) is 4.98 Å². The molecule has 1 N–H and O–H groups in total. The van der Waals surface area contributed by atoms with Crippen molar-refractivity contribution in [3.05, 3.63) is 47.1 Å². The molecule has 26 heavy (non-hydrogen) atoms. The number of carbonyl (C=O) groups is 1. The molecular formula is C19H23ClN4O2. The fourth-order valence-corrected chi connectivity index (χ4v) is 3.19. The molecule has 0 saturated carbocycles. The predicted molar refractivity (Wildman–Crippen MR) is 105 cm³/mol. The molecule has 0 spiro atoms. The number of amides is 1. The lowest BCUT2D eigenvalue weighted by atomic mass is 10.2. The van der Waals surface area contributed by atoms with Gasteiger partial charge in [0.2, 0.25) is 5.88 Å². The van der Waals surface area contributed by atoms with Crippen molar-refractivity contribution >= 4 is 28.9 Å². The maximum Gasteiger partial charge on any atom is 0.257 e. The Kier molecular flexibility index (Phi) is 5.96. The molecule has 6 nitrogen and oxygen atoms in total. The highest BCUT2D eigenvalue weighted by Crippen LogP contribution is 2.30. The molecule has 2 aromatic rings. The second kappa shape index (κ2) is 8.38. The average Bonchev–Trinajstić information content (AvgIpc) is 2.68. The van der Waals surface area contributed by atoms with Gasteiger partial charge in [0.1, 0.15) is 0 Å². The number of hydrogen-bond donors (Lipinski definition) is 1. The first-order valence-electron chi connectivity index (χ1n) is 8.69. The number of ether oxygens (including phenoxy) is 1. The molecule has 1 aliphatic heterocycles. The van der Waals surface area contributed by atoms with Crippen molar-refractivity contribution in [2.24, 2.45) is 0 Å². The van der Waals surface area contributed by atoms with Gasteiger partial charge >= 0.3 is 0 Å². The summed E-state index contributed by atoms with van der Waals surface area (Å²) in [7, 11) is 1.54. The molecule has 0 radical (unpaired) electrons. The molecule has 0 unspecified atom stereocenters. The fraction of sp³-hybridized carbons (Fsp3) is 0.368. The summed E-state index contributed by atoms with van der Waals surface area (Å²) in [5.74, 6) is 0.245. The maximum atomic E-state index is 12.6. The van der Waals surface area contributed by atoms with Gasteiger partial charge in [-0.2, -0.15) is 0 Å². The van der Waals surface area contributed by atoms with E-state index in [4.69, 9.17) is 16.3 Å². The summed E-state index contributed by atoms with van der Waals surface area (Å²) in [6.45, 7) is 7.09. The van der Waals surface area contributed by atoms with Gasteiger partial charge in [0.25, 0.3) is 5.91 Å². The molecule has 1 amide bonds. The van der Waals surface area contributed by atoms with Crippen molar-refractivity contribution in [2.75, 3.05) is 50.1 Å². The number of aromatic nitrogens is 1. The third kappa shape index (κ3) is 4.26. The number of methoxy groups -OCH3 is 1. The molecule has 1 fully saturated rings. The van der Waals surface area contributed by atoms with Crippen molar-refractivity contribution in [1.29, 1.82) is 0 Å². The Balaban J connectivity index is 1.78. The topological polar surface area (TPSA) is 57.7 Å². The molecule has 7 heteroatoms. The highest BCUT2D eigenvalue weighted by Gasteiger charge is 2.19. The van der Waals surface area contributed by atoms with E-state index in [2.05, 4.69) is 27.0 Å². The standard InChI is InChI=1S/C19H23ClN4O2/c1-3-23-8-10-24(11-9-23)17-6-5-15(20)12-16(17)22-19(25)14-4-7-18(26-2)21-13-14/h4-7,12-13H,3,8-11H2,1-2H3,(H,22,25). The van der Waals surface area contributed by atoms with Crippen LogP contribution in [0.2, 0.25) is 5.02 Å². The van der Waals surface area contributed by atoms with Gasteiger partial charge in [-0.05, 0) is 30.8 Å². The summed E-state index contributed by atoms with van der Waals surface area (Å²) in [5.41, 5.74) is 2.16. The van der Waals surface area contributed by atoms with Crippen LogP contribution in [0.25, 0.3) is 0 Å². The Morgan fingerprint density at radius 3 is 2.62 bits per heavy atom. The van der Waals surface area contributed by atoms with E-state index in [0.717, 1.165) is 38.4 Å². The summed E-state index contributed by atoms with van der Waals surface area (Å²) in [4.78, 5) is 21.4. The highest BCUT2D eigenvalue weighted by atomic mass is 35.5. The first-order chi connectivity index (χ1) is 12.6. The van der Waals surface area contributed by atoms with E-state index >= 15 is 0 Å². The van der Waals surface area contributed by atoms with E-state index in [1.54, 1.807) is 25.3 Å². The Hall–Kier alpha value is -2.31. The van der Waals surface area contributed by atoms with E-state index in [1.165, 1.54) is 6.20 Å². The number of halogens is 1. The summed E-state index contributed by atoms with van der Waals surface area (Å²) < 4.78 is 5.03. The quantitative estimate of drug-likeness (QED) is 0.871. The SMILES string of the molecule is CCN1CCN(c2ccc(Cl)cc2NC(=O)c2ccc(OC)nc2)CC1. The van der Waals surface area contributed by atoms with Crippen molar-refractivity contribution in [3.8, 4) is 5.88 Å². The van der Waals surface area contributed by atoms with Crippen molar-refractivity contribution in [1.82, 2.24) is 9.88 Å². The average molecular weight is 375 g/mol. The lowest BCUT2D eigenvalue weighted by Crippen LogP contribution is -2.46. The molecule has 1 saturated heterocycles. The van der Waals surface area contributed by atoms with E-state index in [0.29, 0.717) is 22.2 Å². The van der Waals surface area contributed by atoms with Crippen LogP contribution in [-0.4, -0.2) is 55.6 Å². The molecule has 1 aromatic carbocycles.